The van der Waals surface area contributed by atoms with E-state index in [9.17, 15) is 0 Å². The van der Waals surface area contributed by atoms with E-state index in [-0.39, 0.29) is 6.04 Å². The second-order valence-corrected chi connectivity index (χ2v) is 4.76. The molecule has 0 aliphatic heterocycles. The molecule has 0 radical (unpaired) electrons. The maximum atomic E-state index is 6.07. The molecule has 2 aromatic heterocycles. The number of pyridine rings is 1. The van der Waals surface area contributed by atoms with Crippen LogP contribution in [0.4, 0.5) is 5.95 Å². The summed E-state index contributed by atoms with van der Waals surface area (Å²) in [4.78, 5) is 8.83. The average Bonchev–Trinajstić information content (AvgIpc) is 2.74. The van der Waals surface area contributed by atoms with Gasteiger partial charge < -0.3 is 10.3 Å². The first-order valence-electron chi connectivity index (χ1n) is 6.32. The molecule has 4 heteroatoms. The maximum absolute atomic E-state index is 6.07. The largest absolute Gasteiger partial charge is 0.369 e. The first-order valence-corrected chi connectivity index (χ1v) is 6.32. The fourth-order valence-electron chi connectivity index (χ4n) is 2.39. The van der Waals surface area contributed by atoms with Gasteiger partial charge in [-0.05, 0) is 43.7 Å². The van der Waals surface area contributed by atoms with E-state index in [4.69, 9.17) is 5.73 Å². The van der Waals surface area contributed by atoms with Gasteiger partial charge in [0.2, 0.25) is 5.95 Å². The van der Waals surface area contributed by atoms with Gasteiger partial charge in [0.15, 0.2) is 0 Å². The fraction of sp³-hybridized carbons (Fsp3) is 0.200. The highest BCUT2D eigenvalue weighted by Gasteiger charge is 2.16. The topological polar surface area (TPSA) is 56.7 Å². The molecule has 19 heavy (non-hydrogen) atoms. The van der Waals surface area contributed by atoms with Gasteiger partial charge in [-0.3, -0.25) is 4.98 Å². The zero-order valence-corrected chi connectivity index (χ0v) is 11.0. The molecular formula is C15H16N4. The summed E-state index contributed by atoms with van der Waals surface area (Å²) in [6, 6.07) is 12.2. The van der Waals surface area contributed by atoms with E-state index < -0.39 is 0 Å². The molecular weight excluding hydrogens is 236 g/mol. The minimum Gasteiger partial charge on any atom is -0.369 e. The second kappa shape index (κ2) is 4.39. The van der Waals surface area contributed by atoms with Crippen LogP contribution >= 0.6 is 0 Å². The summed E-state index contributed by atoms with van der Waals surface area (Å²) >= 11 is 0. The highest BCUT2D eigenvalue weighted by molar-refractivity contribution is 5.79. The standard InChI is InChI=1S/C15H16N4/c1-10-6-7-14-13(9-10)18-15(16)19(14)11(2)12-5-3-4-8-17-12/h3-9,11H,1-2H3,(H2,16,18). The molecule has 0 aliphatic rings. The molecule has 3 aromatic rings. The highest BCUT2D eigenvalue weighted by Crippen LogP contribution is 2.26. The van der Waals surface area contributed by atoms with Crippen molar-refractivity contribution in [2.45, 2.75) is 19.9 Å². The number of hydrogen-bond donors (Lipinski definition) is 1. The number of nitrogens with zero attached hydrogens (tertiary/aromatic N) is 3. The molecule has 3 rings (SSSR count). The monoisotopic (exact) mass is 252 g/mol. The zero-order valence-electron chi connectivity index (χ0n) is 11.0. The predicted molar refractivity (Wildman–Crippen MR) is 76.9 cm³/mol. The normalized spacial score (nSPS) is 12.7. The van der Waals surface area contributed by atoms with Gasteiger partial charge in [0.05, 0.1) is 22.8 Å². The van der Waals surface area contributed by atoms with Gasteiger partial charge >= 0.3 is 0 Å². The SMILES string of the molecule is Cc1ccc2c(c1)nc(N)n2C(C)c1ccccn1. The molecule has 0 spiro atoms. The van der Waals surface area contributed by atoms with Gasteiger partial charge in [0.25, 0.3) is 0 Å². The van der Waals surface area contributed by atoms with Crippen molar-refractivity contribution < 1.29 is 0 Å². The zero-order chi connectivity index (χ0) is 13.4. The van der Waals surface area contributed by atoms with E-state index >= 15 is 0 Å². The molecule has 0 aliphatic carbocycles. The third-order valence-corrected chi connectivity index (χ3v) is 3.38. The Kier molecular flexibility index (Phi) is 2.71. The molecule has 0 saturated carbocycles. The van der Waals surface area contributed by atoms with Gasteiger partial charge in [-0.1, -0.05) is 12.1 Å². The van der Waals surface area contributed by atoms with Gasteiger partial charge in [-0.15, -0.1) is 0 Å². The number of nitrogens with two attached hydrogens (primary N) is 1. The lowest BCUT2D eigenvalue weighted by Crippen LogP contribution is -2.11. The predicted octanol–water partition coefficient (Wildman–Crippen LogP) is 2.93. The molecule has 0 bridgehead atoms. The maximum Gasteiger partial charge on any atom is 0.201 e. The number of rotatable bonds is 2. The second-order valence-electron chi connectivity index (χ2n) is 4.76. The van der Waals surface area contributed by atoms with E-state index in [1.54, 1.807) is 6.20 Å². The number of aromatic nitrogens is 3. The van der Waals surface area contributed by atoms with Crippen molar-refractivity contribution in [2.75, 3.05) is 5.73 Å². The van der Waals surface area contributed by atoms with Crippen LogP contribution in [0.2, 0.25) is 0 Å². The number of anilines is 1. The third kappa shape index (κ3) is 1.95. The lowest BCUT2D eigenvalue weighted by molar-refractivity contribution is 0.647. The van der Waals surface area contributed by atoms with E-state index in [1.807, 2.05) is 28.8 Å². The van der Waals surface area contributed by atoms with Crippen LogP contribution < -0.4 is 5.73 Å². The first kappa shape index (κ1) is 11.7. The van der Waals surface area contributed by atoms with Crippen molar-refractivity contribution in [3.05, 3.63) is 53.9 Å². The van der Waals surface area contributed by atoms with E-state index in [0.717, 1.165) is 16.7 Å². The molecule has 0 amide bonds. The Morgan fingerprint density at radius 2 is 2.05 bits per heavy atom. The number of aryl methyl sites for hydroxylation is 1. The summed E-state index contributed by atoms with van der Waals surface area (Å²) in [5, 5.41) is 0. The fourth-order valence-corrected chi connectivity index (χ4v) is 2.39. The minimum atomic E-state index is 0.0638. The van der Waals surface area contributed by atoms with Crippen LogP contribution in [0.3, 0.4) is 0 Å². The van der Waals surface area contributed by atoms with Crippen molar-refractivity contribution in [2.24, 2.45) is 0 Å². The molecule has 4 nitrogen and oxygen atoms in total. The summed E-state index contributed by atoms with van der Waals surface area (Å²) in [5.74, 6) is 0.527. The first-order chi connectivity index (χ1) is 9.16. The number of hydrogen-bond acceptors (Lipinski definition) is 3. The van der Waals surface area contributed by atoms with Gasteiger partial charge in [-0.25, -0.2) is 4.98 Å². The summed E-state index contributed by atoms with van der Waals surface area (Å²) in [5.41, 5.74) is 10.2. The Morgan fingerprint density at radius 1 is 1.21 bits per heavy atom. The van der Waals surface area contributed by atoms with E-state index in [0.29, 0.717) is 5.95 Å². The Balaban J connectivity index is 2.17. The van der Waals surface area contributed by atoms with Crippen LogP contribution in [-0.2, 0) is 0 Å². The number of benzene rings is 1. The Morgan fingerprint density at radius 3 is 2.79 bits per heavy atom. The van der Waals surface area contributed by atoms with Crippen LogP contribution in [0.25, 0.3) is 11.0 Å². The van der Waals surface area contributed by atoms with Crippen LogP contribution in [0.15, 0.2) is 42.6 Å². The summed E-state index contributed by atoms with van der Waals surface area (Å²) in [6.07, 6.45) is 1.80. The Labute approximate surface area is 111 Å². The van der Waals surface area contributed by atoms with Crippen molar-refractivity contribution in [1.82, 2.24) is 14.5 Å². The Hall–Kier alpha value is -2.36. The van der Waals surface area contributed by atoms with Gasteiger partial charge in [0.1, 0.15) is 0 Å². The van der Waals surface area contributed by atoms with Crippen LogP contribution in [0.1, 0.15) is 24.2 Å². The van der Waals surface area contributed by atoms with Crippen LogP contribution in [0.5, 0.6) is 0 Å². The highest BCUT2D eigenvalue weighted by atomic mass is 15.2. The molecule has 1 atom stereocenters. The van der Waals surface area contributed by atoms with Crippen molar-refractivity contribution in [3.8, 4) is 0 Å². The van der Waals surface area contributed by atoms with Crippen LogP contribution in [0, 0.1) is 6.92 Å². The quantitative estimate of drug-likeness (QED) is 0.763. The lowest BCUT2D eigenvalue weighted by atomic mass is 10.2. The van der Waals surface area contributed by atoms with Crippen molar-refractivity contribution >= 4 is 17.0 Å². The molecule has 96 valence electrons. The molecule has 1 unspecified atom stereocenters. The van der Waals surface area contributed by atoms with Gasteiger partial charge in [0, 0.05) is 6.20 Å². The number of fused-ring (bicyclic) bond motifs is 1. The van der Waals surface area contributed by atoms with Crippen molar-refractivity contribution in [1.29, 1.82) is 0 Å². The average molecular weight is 252 g/mol. The van der Waals surface area contributed by atoms with Crippen LogP contribution in [-0.4, -0.2) is 14.5 Å². The number of nitrogen functional groups attached to an aromatic ring is 1. The molecule has 2 N–H and O–H groups in total. The Bertz CT molecular complexity index is 716. The molecule has 0 saturated heterocycles. The van der Waals surface area contributed by atoms with Crippen molar-refractivity contribution in [3.63, 3.8) is 0 Å². The van der Waals surface area contributed by atoms with E-state index in [1.165, 1.54) is 5.56 Å². The number of imidazole rings is 1. The summed E-state index contributed by atoms with van der Waals surface area (Å²) in [6.45, 7) is 4.14. The molecule has 0 fully saturated rings. The smallest absolute Gasteiger partial charge is 0.201 e. The van der Waals surface area contributed by atoms with E-state index in [2.05, 4.69) is 35.9 Å². The summed E-state index contributed by atoms with van der Waals surface area (Å²) < 4.78 is 2.02. The molecule has 2 heterocycles. The lowest BCUT2D eigenvalue weighted by Gasteiger charge is -2.15. The summed E-state index contributed by atoms with van der Waals surface area (Å²) in [7, 11) is 0. The minimum absolute atomic E-state index is 0.0638. The molecule has 1 aromatic carbocycles. The third-order valence-electron chi connectivity index (χ3n) is 3.38. The van der Waals surface area contributed by atoms with Gasteiger partial charge in [-0.2, -0.15) is 0 Å².